The number of phosphoric ester groups is 1. The second kappa shape index (κ2) is 39.1. The molecule has 0 spiro atoms. The summed E-state index contributed by atoms with van der Waals surface area (Å²) < 4.78 is 34.2. The third-order valence-electron chi connectivity index (χ3n) is 8.40. The van der Waals surface area contributed by atoms with Gasteiger partial charge in [-0.3, -0.25) is 18.6 Å². The van der Waals surface area contributed by atoms with Crippen molar-refractivity contribution >= 4 is 19.8 Å². The zero-order valence-corrected chi connectivity index (χ0v) is 37.6. The Bertz CT molecular complexity index is 1350. The molecule has 0 saturated heterocycles. The molecule has 0 aliphatic heterocycles. The van der Waals surface area contributed by atoms with Gasteiger partial charge in [-0.2, -0.15) is 0 Å². The van der Waals surface area contributed by atoms with Gasteiger partial charge in [0.05, 0.1) is 27.7 Å². The lowest BCUT2D eigenvalue weighted by atomic mass is 10.1. The lowest BCUT2D eigenvalue weighted by molar-refractivity contribution is -0.870. The molecule has 0 saturated carbocycles. The van der Waals surface area contributed by atoms with Crippen molar-refractivity contribution in [1.82, 2.24) is 0 Å². The second-order valence-corrected chi connectivity index (χ2v) is 16.5. The van der Waals surface area contributed by atoms with Crippen LogP contribution in [0.2, 0.25) is 0 Å². The quantitative estimate of drug-likeness (QED) is 0.0165. The second-order valence-electron chi connectivity index (χ2n) is 15.1. The number of ether oxygens (including phenoxy) is 2. The highest BCUT2D eigenvalue weighted by Crippen LogP contribution is 2.43. The average molecular weight is 829 g/mol. The number of carbonyl (C=O) groups is 2. The van der Waals surface area contributed by atoms with E-state index >= 15 is 0 Å². The van der Waals surface area contributed by atoms with E-state index in [0.717, 1.165) is 64.2 Å². The van der Waals surface area contributed by atoms with Crippen LogP contribution in [0.3, 0.4) is 0 Å². The number of allylic oxidation sites excluding steroid dienone is 18. The summed E-state index contributed by atoms with van der Waals surface area (Å²) in [4.78, 5) is 35.3. The first kappa shape index (κ1) is 54.7. The number of hydrogen-bond acceptors (Lipinski definition) is 7. The van der Waals surface area contributed by atoms with Gasteiger partial charge < -0.3 is 18.9 Å². The number of phosphoric acid groups is 1. The molecule has 0 heterocycles. The Kier molecular flexibility index (Phi) is 36.9. The predicted octanol–water partition coefficient (Wildman–Crippen LogP) is 12.3. The monoisotopic (exact) mass is 829 g/mol. The van der Waals surface area contributed by atoms with E-state index in [1.54, 1.807) is 0 Å². The van der Waals surface area contributed by atoms with Crippen LogP contribution in [0.4, 0.5) is 0 Å². The fourth-order valence-corrected chi connectivity index (χ4v) is 5.75. The van der Waals surface area contributed by atoms with Crippen LogP contribution in [-0.2, 0) is 32.7 Å². The van der Waals surface area contributed by atoms with Gasteiger partial charge in [0.1, 0.15) is 19.8 Å². The Labute approximate surface area is 353 Å². The standard InChI is InChI=1S/C48H78NO8P/c1-6-8-10-12-14-16-18-20-22-23-24-25-27-29-31-33-35-37-39-41-48(51)57-46(45-56-58(52,53)55-43-42-49(3,4)5)44-54-47(50)40-38-36-34-32-30-28-26-21-19-17-15-13-11-9-7-2/h9,11,13-17,19-22,24-26,29,31,35,37,46H,6-8,10,12,18,23,27-28,30,32-34,36,38-45H2,1-5H3/p+1/b11-9+,15-13+,16-14+,19-17+,22-20+,25-24+,26-21+,31-29+,37-35+/t46-/m1/s1. The maximum atomic E-state index is 12.7. The fraction of sp³-hybridized carbons (Fsp3) is 0.583. The molecule has 0 aliphatic rings. The van der Waals surface area contributed by atoms with Crippen LogP contribution in [0.25, 0.3) is 0 Å². The van der Waals surface area contributed by atoms with Crippen molar-refractivity contribution in [2.45, 2.75) is 136 Å². The minimum Gasteiger partial charge on any atom is -0.462 e. The van der Waals surface area contributed by atoms with Crippen molar-refractivity contribution in [2.24, 2.45) is 0 Å². The van der Waals surface area contributed by atoms with Crippen LogP contribution in [0.5, 0.6) is 0 Å². The largest absolute Gasteiger partial charge is 0.472 e. The molecule has 58 heavy (non-hydrogen) atoms. The third kappa shape index (κ3) is 42.3. The molecule has 0 aromatic carbocycles. The van der Waals surface area contributed by atoms with E-state index in [-0.39, 0.29) is 26.1 Å². The summed E-state index contributed by atoms with van der Waals surface area (Å²) in [6.45, 7) is 4.10. The molecule has 10 heteroatoms. The highest BCUT2D eigenvalue weighted by Gasteiger charge is 2.27. The predicted molar refractivity (Wildman–Crippen MR) is 242 cm³/mol. The third-order valence-corrected chi connectivity index (χ3v) is 9.38. The number of quaternary nitrogens is 1. The Hall–Kier alpha value is -3.33. The van der Waals surface area contributed by atoms with E-state index in [1.807, 2.05) is 63.7 Å². The summed E-state index contributed by atoms with van der Waals surface area (Å²) in [5, 5.41) is 0. The summed E-state index contributed by atoms with van der Waals surface area (Å²) in [6, 6.07) is 0. The van der Waals surface area contributed by atoms with E-state index in [1.165, 1.54) is 25.7 Å². The first-order chi connectivity index (χ1) is 28.0. The number of unbranched alkanes of at least 4 members (excludes halogenated alkanes) is 8. The Morgan fingerprint density at radius 3 is 1.69 bits per heavy atom. The highest BCUT2D eigenvalue weighted by molar-refractivity contribution is 7.47. The SMILES string of the molecule is CC/C=C/C=C/C=C/C=C/CCCCCCCC(=O)OC[C@H](COP(=O)(O)OCC[N+](C)(C)C)OC(=O)CC/C=C/C/C=C/C/C=C/C/C=C/C/C=C/CCCCC. The van der Waals surface area contributed by atoms with Crippen molar-refractivity contribution in [1.29, 1.82) is 0 Å². The molecular formula is C48H79NO8P+. The summed E-state index contributed by atoms with van der Waals surface area (Å²) in [5.41, 5.74) is 0. The molecule has 1 N–H and O–H groups in total. The molecule has 2 atom stereocenters. The van der Waals surface area contributed by atoms with Gasteiger partial charge in [0.2, 0.25) is 0 Å². The number of likely N-dealkylation sites (N-methyl/N-ethyl adjacent to an activating group) is 1. The highest BCUT2D eigenvalue weighted by atomic mass is 31.2. The first-order valence-corrected chi connectivity index (χ1v) is 23.2. The number of nitrogens with zero attached hydrogens (tertiary/aromatic N) is 1. The number of rotatable bonds is 37. The van der Waals surface area contributed by atoms with Gasteiger partial charge in [-0.05, 0) is 70.6 Å². The molecule has 0 rings (SSSR count). The number of carbonyl (C=O) groups excluding carboxylic acids is 2. The Balaban J connectivity index is 4.57. The average Bonchev–Trinajstić information content (AvgIpc) is 3.17. The van der Waals surface area contributed by atoms with Gasteiger partial charge in [-0.25, -0.2) is 4.57 Å². The van der Waals surface area contributed by atoms with E-state index in [9.17, 15) is 19.0 Å². The number of esters is 2. The molecule has 0 aromatic rings. The van der Waals surface area contributed by atoms with E-state index < -0.39 is 32.5 Å². The van der Waals surface area contributed by atoms with Crippen LogP contribution in [0.15, 0.2) is 109 Å². The number of hydrogen-bond donors (Lipinski definition) is 1. The van der Waals surface area contributed by atoms with Gasteiger partial charge in [-0.1, -0.05) is 155 Å². The van der Waals surface area contributed by atoms with Crippen molar-refractivity contribution in [3.8, 4) is 0 Å². The van der Waals surface area contributed by atoms with Crippen LogP contribution >= 0.6 is 7.82 Å². The van der Waals surface area contributed by atoms with Crippen LogP contribution in [0.1, 0.15) is 129 Å². The molecule has 9 nitrogen and oxygen atoms in total. The van der Waals surface area contributed by atoms with E-state index in [0.29, 0.717) is 23.9 Å². The van der Waals surface area contributed by atoms with Gasteiger partial charge >= 0.3 is 19.8 Å². The lowest BCUT2D eigenvalue weighted by Gasteiger charge is -2.24. The van der Waals surface area contributed by atoms with Gasteiger partial charge in [-0.15, -0.1) is 0 Å². The first-order valence-electron chi connectivity index (χ1n) is 21.7. The molecule has 0 aliphatic carbocycles. The van der Waals surface area contributed by atoms with Crippen molar-refractivity contribution in [2.75, 3.05) is 47.5 Å². The fourth-order valence-electron chi connectivity index (χ4n) is 5.00. The summed E-state index contributed by atoms with van der Waals surface area (Å²) in [7, 11) is 1.39. The topological polar surface area (TPSA) is 108 Å². The van der Waals surface area contributed by atoms with E-state index in [4.69, 9.17) is 18.5 Å². The molecule has 0 radical (unpaired) electrons. The zero-order valence-electron chi connectivity index (χ0n) is 36.7. The molecule has 0 fully saturated rings. The minimum absolute atomic E-state index is 0.00734. The van der Waals surface area contributed by atoms with Gasteiger partial charge in [0, 0.05) is 12.8 Å². The van der Waals surface area contributed by atoms with Crippen molar-refractivity contribution in [3.63, 3.8) is 0 Å². The molecule has 0 amide bonds. The molecule has 0 bridgehead atoms. The Morgan fingerprint density at radius 2 is 1.09 bits per heavy atom. The minimum atomic E-state index is -4.41. The Morgan fingerprint density at radius 1 is 0.569 bits per heavy atom. The molecule has 0 aromatic heterocycles. The summed E-state index contributed by atoms with van der Waals surface area (Å²) in [5.74, 6) is -0.936. The van der Waals surface area contributed by atoms with Crippen molar-refractivity contribution in [3.05, 3.63) is 109 Å². The molecule has 1 unspecified atom stereocenters. The zero-order chi connectivity index (χ0) is 42.8. The van der Waals surface area contributed by atoms with Gasteiger partial charge in [0.25, 0.3) is 0 Å². The van der Waals surface area contributed by atoms with Crippen LogP contribution < -0.4 is 0 Å². The normalized spacial score (nSPS) is 14.7. The van der Waals surface area contributed by atoms with E-state index in [2.05, 4.69) is 80.7 Å². The van der Waals surface area contributed by atoms with Gasteiger partial charge in [0.15, 0.2) is 6.10 Å². The molecular weight excluding hydrogens is 750 g/mol. The smallest absolute Gasteiger partial charge is 0.462 e. The van der Waals surface area contributed by atoms with Crippen LogP contribution in [-0.4, -0.2) is 74.9 Å². The summed E-state index contributed by atoms with van der Waals surface area (Å²) >= 11 is 0. The molecule has 328 valence electrons. The van der Waals surface area contributed by atoms with Crippen LogP contribution in [0, 0.1) is 0 Å². The maximum absolute atomic E-state index is 12.7. The lowest BCUT2D eigenvalue weighted by Crippen LogP contribution is -2.37. The van der Waals surface area contributed by atoms with Crippen molar-refractivity contribution < 1.29 is 42.1 Å². The maximum Gasteiger partial charge on any atom is 0.472 e. The summed E-state index contributed by atoms with van der Waals surface area (Å²) in [6.07, 6.45) is 52.9.